The maximum Gasteiger partial charge on any atom is 0.302 e. The molecule has 0 saturated carbocycles. The van der Waals surface area contributed by atoms with Gasteiger partial charge in [-0.1, -0.05) is 24.3 Å². The van der Waals surface area contributed by atoms with Gasteiger partial charge < -0.3 is 19.8 Å². The Morgan fingerprint density at radius 2 is 1.84 bits per heavy atom. The molecule has 2 aromatic heterocycles. The number of benzene rings is 3. The van der Waals surface area contributed by atoms with Gasteiger partial charge in [0.15, 0.2) is 12.3 Å². The number of hydrogen-bond acceptors (Lipinski definition) is 5. The smallest absolute Gasteiger partial charge is 0.302 e. The Morgan fingerprint density at radius 3 is 2.69 bits per heavy atom. The van der Waals surface area contributed by atoms with Crippen molar-refractivity contribution in [3.63, 3.8) is 0 Å². The first kappa shape index (κ1) is 19.5. The van der Waals surface area contributed by atoms with Crippen LogP contribution < -0.4 is 4.74 Å². The van der Waals surface area contributed by atoms with Gasteiger partial charge in [-0.15, -0.1) is 10.2 Å². The van der Waals surface area contributed by atoms with Crippen molar-refractivity contribution < 1.29 is 14.6 Å². The van der Waals surface area contributed by atoms with Gasteiger partial charge in [0.05, 0.1) is 16.6 Å². The van der Waals surface area contributed by atoms with Crippen LogP contribution in [0.25, 0.3) is 33.3 Å². The van der Waals surface area contributed by atoms with Gasteiger partial charge in [-0.25, -0.2) is 4.98 Å². The summed E-state index contributed by atoms with van der Waals surface area (Å²) in [5, 5.41) is 18.2. The van der Waals surface area contributed by atoms with Gasteiger partial charge in [0.1, 0.15) is 11.6 Å². The minimum atomic E-state index is -0.564. The fraction of sp³-hybridized carbons (Fsp3) is 0.0833. The van der Waals surface area contributed by atoms with Gasteiger partial charge in [-0.2, -0.15) is 0 Å². The molecule has 8 heteroatoms. The van der Waals surface area contributed by atoms with Crippen LogP contribution >= 0.6 is 0 Å². The van der Waals surface area contributed by atoms with Crippen LogP contribution in [-0.4, -0.2) is 32.6 Å². The van der Waals surface area contributed by atoms with E-state index in [9.17, 15) is 9.90 Å². The quantitative estimate of drug-likeness (QED) is 0.326. The number of aryl methyl sites for hydroxylation is 1. The molecule has 1 amide bonds. The lowest BCUT2D eigenvalue weighted by Gasteiger charge is -2.04. The third-order valence-electron chi connectivity index (χ3n) is 5.05. The Balaban J connectivity index is 1.24. The molecule has 0 aliphatic rings. The zero-order chi connectivity index (χ0) is 22.1. The number of nitrogens with one attached hydrogen (secondary N) is 2. The number of azo groups is 1. The summed E-state index contributed by atoms with van der Waals surface area (Å²) < 4.78 is 5.52. The second-order valence-electron chi connectivity index (χ2n) is 7.38. The topological polar surface area (TPSA) is 116 Å². The van der Waals surface area contributed by atoms with E-state index in [0.717, 1.165) is 28.0 Å². The molecule has 0 unspecified atom stereocenters. The molecule has 0 aliphatic carbocycles. The molecule has 3 N–H and O–H groups in total. The number of amides is 1. The van der Waals surface area contributed by atoms with Crippen molar-refractivity contribution in [1.29, 1.82) is 0 Å². The van der Waals surface area contributed by atoms with Crippen LogP contribution in [-0.2, 0) is 4.79 Å². The van der Waals surface area contributed by atoms with E-state index in [1.54, 1.807) is 24.3 Å². The number of H-pyrrole nitrogens is 2. The lowest BCUT2D eigenvalue weighted by Crippen LogP contribution is -2.07. The molecule has 158 valence electrons. The van der Waals surface area contributed by atoms with Gasteiger partial charge in [0, 0.05) is 10.9 Å². The van der Waals surface area contributed by atoms with Gasteiger partial charge in [-0.05, 0) is 55.0 Å². The standard InChI is InChI=1S/C24H19N5O3/c1-14-6-11-19-20(12-14)26-23(25-19)15-7-9-16(10-8-15)32-13-21(30)28-29-22-17-4-2-3-5-18(17)27-24(22)31/h2-12,27,31H,13H2,1H3,(H,25,26). The summed E-state index contributed by atoms with van der Waals surface area (Å²) in [4.78, 5) is 22.8. The minimum absolute atomic E-state index is 0.139. The van der Waals surface area contributed by atoms with E-state index in [0.29, 0.717) is 16.7 Å². The number of hydrogen-bond donors (Lipinski definition) is 3. The molecule has 0 radical (unpaired) electrons. The number of carbonyl (C=O) groups excluding carboxylic acids is 1. The zero-order valence-corrected chi connectivity index (χ0v) is 17.2. The number of nitrogens with zero attached hydrogens (tertiary/aromatic N) is 3. The summed E-state index contributed by atoms with van der Waals surface area (Å²) in [6.07, 6.45) is 0. The van der Waals surface area contributed by atoms with Crippen LogP contribution in [0.1, 0.15) is 5.56 Å². The number of carbonyl (C=O) groups is 1. The predicted octanol–water partition coefficient (Wildman–Crippen LogP) is 5.41. The van der Waals surface area contributed by atoms with Crippen molar-refractivity contribution >= 4 is 33.5 Å². The van der Waals surface area contributed by atoms with Crippen molar-refractivity contribution in [3.05, 3.63) is 72.3 Å². The van der Waals surface area contributed by atoms with E-state index in [4.69, 9.17) is 4.74 Å². The van der Waals surface area contributed by atoms with Crippen LogP contribution in [0.15, 0.2) is 77.0 Å². The van der Waals surface area contributed by atoms with E-state index >= 15 is 0 Å². The summed E-state index contributed by atoms with van der Waals surface area (Å²) in [5.41, 5.74) is 4.90. The van der Waals surface area contributed by atoms with Gasteiger partial charge in [0.2, 0.25) is 5.88 Å². The van der Waals surface area contributed by atoms with Crippen molar-refractivity contribution in [2.75, 3.05) is 6.61 Å². The molecular weight excluding hydrogens is 406 g/mol. The molecule has 3 aromatic carbocycles. The molecule has 2 heterocycles. The van der Waals surface area contributed by atoms with Crippen molar-refractivity contribution in [2.45, 2.75) is 6.92 Å². The van der Waals surface area contributed by atoms with Crippen molar-refractivity contribution in [3.8, 4) is 23.0 Å². The Labute approximate surface area is 182 Å². The molecule has 32 heavy (non-hydrogen) atoms. The average Bonchev–Trinajstić information content (AvgIpc) is 3.36. The number of imidazole rings is 1. The predicted molar refractivity (Wildman–Crippen MR) is 121 cm³/mol. The number of para-hydroxylation sites is 1. The number of rotatable bonds is 5. The van der Waals surface area contributed by atoms with E-state index in [2.05, 4.69) is 31.2 Å². The molecule has 0 fully saturated rings. The Kier molecular flexibility index (Phi) is 4.87. The van der Waals surface area contributed by atoms with E-state index in [-0.39, 0.29) is 18.2 Å². The maximum atomic E-state index is 12.1. The molecule has 5 aromatic rings. The van der Waals surface area contributed by atoms with Crippen LogP contribution in [0.5, 0.6) is 11.6 Å². The largest absolute Gasteiger partial charge is 0.493 e. The summed E-state index contributed by atoms with van der Waals surface area (Å²) in [5.74, 6) is 0.589. The van der Waals surface area contributed by atoms with Crippen LogP contribution in [0.4, 0.5) is 5.69 Å². The molecule has 5 rings (SSSR count). The van der Waals surface area contributed by atoms with Crippen LogP contribution in [0.3, 0.4) is 0 Å². The highest BCUT2D eigenvalue weighted by atomic mass is 16.5. The summed E-state index contributed by atoms with van der Waals surface area (Å²) in [6.45, 7) is 1.77. The third-order valence-corrected chi connectivity index (χ3v) is 5.05. The fourth-order valence-electron chi connectivity index (χ4n) is 3.46. The fourth-order valence-corrected chi connectivity index (χ4v) is 3.46. The number of fused-ring (bicyclic) bond motifs is 2. The monoisotopic (exact) mass is 425 g/mol. The molecule has 0 bridgehead atoms. The highest BCUT2D eigenvalue weighted by Crippen LogP contribution is 2.35. The molecule has 0 spiro atoms. The highest BCUT2D eigenvalue weighted by molar-refractivity contribution is 5.94. The van der Waals surface area contributed by atoms with E-state index < -0.39 is 5.91 Å². The number of aromatic hydroxyl groups is 1. The van der Waals surface area contributed by atoms with Crippen LogP contribution in [0, 0.1) is 6.92 Å². The highest BCUT2D eigenvalue weighted by Gasteiger charge is 2.11. The first-order valence-electron chi connectivity index (χ1n) is 10.0. The van der Waals surface area contributed by atoms with Crippen LogP contribution in [0.2, 0.25) is 0 Å². The molecular formula is C24H19N5O3. The van der Waals surface area contributed by atoms with E-state index in [1.807, 2.05) is 43.3 Å². The summed E-state index contributed by atoms with van der Waals surface area (Å²) in [7, 11) is 0. The van der Waals surface area contributed by atoms with Crippen molar-refractivity contribution in [1.82, 2.24) is 15.0 Å². The SMILES string of the molecule is Cc1ccc2nc(-c3ccc(OCC(=O)N=Nc4c(O)[nH]c5ccccc45)cc3)[nH]c2c1. The molecule has 0 saturated heterocycles. The molecule has 8 nitrogen and oxygen atoms in total. The van der Waals surface area contributed by atoms with Gasteiger partial charge in [0.25, 0.3) is 0 Å². The molecule has 0 atom stereocenters. The normalized spacial score (nSPS) is 11.5. The third kappa shape index (κ3) is 3.81. The second-order valence-corrected chi connectivity index (χ2v) is 7.38. The second kappa shape index (κ2) is 7.99. The lowest BCUT2D eigenvalue weighted by molar-refractivity contribution is -0.120. The zero-order valence-electron chi connectivity index (χ0n) is 17.2. The Hall–Kier alpha value is -4.46. The number of ether oxygens (including phenoxy) is 1. The van der Waals surface area contributed by atoms with Gasteiger partial charge >= 0.3 is 5.91 Å². The first-order valence-corrected chi connectivity index (χ1v) is 10.0. The Bertz CT molecular complexity index is 1460. The first-order chi connectivity index (χ1) is 15.6. The van der Waals surface area contributed by atoms with E-state index in [1.165, 1.54) is 0 Å². The Morgan fingerprint density at radius 1 is 1.03 bits per heavy atom. The van der Waals surface area contributed by atoms with Crippen molar-refractivity contribution in [2.24, 2.45) is 10.2 Å². The minimum Gasteiger partial charge on any atom is -0.493 e. The average molecular weight is 425 g/mol. The number of aromatic nitrogens is 3. The summed E-state index contributed by atoms with van der Waals surface area (Å²) in [6, 6.07) is 20.6. The summed E-state index contributed by atoms with van der Waals surface area (Å²) >= 11 is 0. The van der Waals surface area contributed by atoms with Gasteiger partial charge in [-0.3, -0.25) is 4.79 Å². The molecule has 0 aliphatic heterocycles. The maximum absolute atomic E-state index is 12.1. The lowest BCUT2D eigenvalue weighted by atomic mass is 10.2. The number of aromatic amines is 2.